The number of hydrogen-bond donors (Lipinski definition) is 1. The molecular weight excluding hydrogens is 540 g/mol. The highest BCUT2D eigenvalue weighted by Crippen LogP contribution is 2.24. The monoisotopic (exact) mass is 578 g/mol. The van der Waals surface area contributed by atoms with Crippen LogP contribution in [0.4, 0.5) is 0 Å². The van der Waals surface area contributed by atoms with Crippen molar-refractivity contribution in [1.82, 2.24) is 24.8 Å². The van der Waals surface area contributed by atoms with E-state index in [0.717, 1.165) is 35.2 Å². The summed E-state index contributed by atoms with van der Waals surface area (Å²) in [6.07, 6.45) is 7.04. The van der Waals surface area contributed by atoms with E-state index in [2.05, 4.69) is 28.3 Å². The highest BCUT2D eigenvalue weighted by molar-refractivity contribution is 5.76. The Morgan fingerprint density at radius 1 is 1.07 bits per heavy atom. The van der Waals surface area contributed by atoms with Gasteiger partial charge in [-0.25, -0.2) is 19.5 Å². The minimum Gasteiger partial charge on any atom is -0.490 e. The number of aromatic nitrogens is 4. The van der Waals surface area contributed by atoms with Crippen LogP contribution in [0.3, 0.4) is 0 Å². The third-order valence-electron chi connectivity index (χ3n) is 6.97. The smallest absolute Gasteiger partial charge is 0.264 e. The number of benzene rings is 2. The molecule has 0 saturated heterocycles. The van der Waals surface area contributed by atoms with Gasteiger partial charge in [-0.1, -0.05) is 55.8 Å². The first-order chi connectivity index (χ1) is 20.8. The topological polar surface area (TPSA) is 123 Å². The second-order valence-corrected chi connectivity index (χ2v) is 10.8. The molecule has 4 aromatic rings. The molecule has 0 radical (unpaired) electrons. The van der Waals surface area contributed by atoms with Crippen LogP contribution in [0.25, 0.3) is 17.1 Å². The molecule has 2 aromatic carbocycles. The molecule has 0 spiro atoms. The van der Waals surface area contributed by atoms with E-state index in [-0.39, 0.29) is 23.5 Å². The molecule has 0 aliphatic heterocycles. The first-order valence-corrected chi connectivity index (χ1v) is 14.7. The lowest BCUT2D eigenvalue weighted by Gasteiger charge is -2.15. The molecule has 9 heteroatoms. The van der Waals surface area contributed by atoms with Gasteiger partial charge in [0.1, 0.15) is 5.82 Å². The molecule has 222 valence electrons. The van der Waals surface area contributed by atoms with Crippen molar-refractivity contribution < 1.29 is 9.53 Å². The molecular formula is C34H38N6O3. The van der Waals surface area contributed by atoms with E-state index in [1.807, 2.05) is 56.3 Å². The van der Waals surface area contributed by atoms with Crippen molar-refractivity contribution in [2.75, 3.05) is 6.61 Å². The van der Waals surface area contributed by atoms with Gasteiger partial charge in [-0.2, -0.15) is 5.26 Å². The molecule has 2 aromatic heterocycles. The molecule has 9 nitrogen and oxygen atoms in total. The predicted octanol–water partition coefficient (Wildman–Crippen LogP) is 5.49. The molecule has 1 amide bonds. The van der Waals surface area contributed by atoms with E-state index in [1.54, 1.807) is 13.0 Å². The van der Waals surface area contributed by atoms with E-state index < -0.39 is 0 Å². The Kier molecular flexibility index (Phi) is 10.8. The number of nitrogens with one attached hydrogen (secondary N) is 1. The predicted molar refractivity (Wildman–Crippen MR) is 166 cm³/mol. The van der Waals surface area contributed by atoms with Crippen LogP contribution in [0.1, 0.15) is 74.7 Å². The second kappa shape index (κ2) is 14.9. The van der Waals surface area contributed by atoms with Crippen molar-refractivity contribution in [1.29, 1.82) is 5.26 Å². The Morgan fingerprint density at radius 2 is 1.79 bits per heavy atom. The first kappa shape index (κ1) is 31.1. The number of hydrogen-bond acceptors (Lipinski definition) is 7. The fourth-order valence-electron chi connectivity index (χ4n) is 4.84. The molecule has 1 N–H and O–H groups in total. The number of aryl methyl sites for hydroxylation is 2. The van der Waals surface area contributed by atoms with Crippen LogP contribution in [0.5, 0.6) is 5.75 Å². The van der Waals surface area contributed by atoms with Gasteiger partial charge in [0.2, 0.25) is 11.9 Å². The highest BCUT2D eigenvalue weighted by Gasteiger charge is 2.18. The number of ether oxygens (including phenoxy) is 1. The zero-order chi connectivity index (χ0) is 30.8. The largest absolute Gasteiger partial charge is 0.490 e. The third kappa shape index (κ3) is 8.13. The van der Waals surface area contributed by atoms with Crippen LogP contribution >= 0.6 is 0 Å². The van der Waals surface area contributed by atoms with Crippen LogP contribution in [-0.2, 0) is 17.6 Å². The zero-order valence-corrected chi connectivity index (χ0v) is 25.3. The quantitative estimate of drug-likeness (QED) is 0.208. The minimum atomic E-state index is -0.192. The van der Waals surface area contributed by atoms with Crippen LogP contribution in [0.15, 0.2) is 65.7 Å². The van der Waals surface area contributed by atoms with Crippen molar-refractivity contribution in [3.05, 3.63) is 99.5 Å². The van der Waals surface area contributed by atoms with Crippen molar-refractivity contribution in [2.24, 2.45) is 0 Å². The summed E-state index contributed by atoms with van der Waals surface area (Å²) in [6, 6.07) is 17.8. The first-order valence-electron chi connectivity index (χ1n) is 14.7. The lowest BCUT2D eigenvalue weighted by atomic mass is 9.97. The van der Waals surface area contributed by atoms with Gasteiger partial charge in [0.25, 0.3) is 5.56 Å². The highest BCUT2D eigenvalue weighted by atomic mass is 16.5. The van der Waals surface area contributed by atoms with Crippen molar-refractivity contribution in [3.8, 4) is 28.9 Å². The molecule has 43 heavy (non-hydrogen) atoms. The van der Waals surface area contributed by atoms with Gasteiger partial charge in [0.15, 0.2) is 5.75 Å². The number of rotatable bonds is 13. The average Bonchev–Trinajstić information content (AvgIpc) is 3.00. The van der Waals surface area contributed by atoms with Crippen LogP contribution in [0, 0.1) is 18.3 Å². The molecule has 0 aliphatic rings. The Hall–Kier alpha value is -4.84. The van der Waals surface area contributed by atoms with Gasteiger partial charge in [0, 0.05) is 24.4 Å². The van der Waals surface area contributed by atoms with Crippen LogP contribution in [0.2, 0.25) is 0 Å². The molecule has 0 atom stereocenters. The van der Waals surface area contributed by atoms with Gasteiger partial charge in [-0.05, 0) is 62.8 Å². The van der Waals surface area contributed by atoms with Crippen LogP contribution in [-0.4, -0.2) is 38.1 Å². The fourth-order valence-corrected chi connectivity index (χ4v) is 4.84. The molecule has 2 heterocycles. The number of amides is 1. The molecule has 0 saturated carbocycles. The molecule has 0 unspecified atom stereocenters. The number of nitriles is 1. The van der Waals surface area contributed by atoms with Crippen LogP contribution < -0.4 is 15.6 Å². The Bertz CT molecular complexity index is 1640. The summed E-state index contributed by atoms with van der Waals surface area (Å²) in [5.74, 6) is 1.20. The lowest BCUT2D eigenvalue weighted by Crippen LogP contribution is -2.30. The Morgan fingerprint density at radius 3 is 2.47 bits per heavy atom. The van der Waals surface area contributed by atoms with Crippen molar-refractivity contribution in [3.63, 3.8) is 0 Å². The summed E-state index contributed by atoms with van der Waals surface area (Å²) < 4.78 is 7.16. The SMILES string of the molecule is CCCCc1nc(C)n(-c2ncc(OCCCC(=O)NC(C)C)cn2)c(=O)c1Cc1ccc(-c2ccccc2C#N)cc1. The van der Waals surface area contributed by atoms with E-state index in [0.29, 0.717) is 55.0 Å². The summed E-state index contributed by atoms with van der Waals surface area (Å²) in [7, 11) is 0. The standard InChI is InChI=1S/C34H38N6O3/c1-5-6-12-31-30(19-25-14-16-26(17-15-25)29-11-8-7-10-27(29)20-35)33(42)40(24(4)39-31)34-36-21-28(22-37-34)43-18-9-13-32(41)38-23(2)3/h7-8,10-11,14-17,21-23H,5-6,9,12-13,18-19H2,1-4H3,(H,38,41). The molecule has 0 aliphatic carbocycles. The summed E-state index contributed by atoms with van der Waals surface area (Å²) >= 11 is 0. The maximum absolute atomic E-state index is 13.9. The maximum Gasteiger partial charge on any atom is 0.264 e. The number of nitrogens with zero attached hydrogens (tertiary/aromatic N) is 5. The normalized spacial score (nSPS) is 10.9. The molecule has 4 rings (SSSR count). The van der Waals surface area contributed by atoms with E-state index >= 15 is 0 Å². The summed E-state index contributed by atoms with van der Waals surface area (Å²) in [6.45, 7) is 8.11. The number of unbranched alkanes of at least 4 members (excludes halogenated alkanes) is 1. The maximum atomic E-state index is 13.9. The second-order valence-electron chi connectivity index (χ2n) is 10.8. The van der Waals surface area contributed by atoms with Crippen molar-refractivity contribution >= 4 is 5.91 Å². The molecule has 0 fully saturated rings. The van der Waals surface area contributed by atoms with E-state index in [9.17, 15) is 14.9 Å². The fraction of sp³-hybridized carbons (Fsp3) is 0.353. The third-order valence-corrected chi connectivity index (χ3v) is 6.97. The number of carbonyl (C=O) groups excluding carboxylic acids is 1. The molecule has 0 bridgehead atoms. The Balaban J connectivity index is 1.55. The average molecular weight is 579 g/mol. The Labute approximate surface area is 252 Å². The summed E-state index contributed by atoms with van der Waals surface area (Å²) in [5, 5.41) is 12.3. The van der Waals surface area contributed by atoms with Gasteiger partial charge in [-0.15, -0.1) is 0 Å². The lowest BCUT2D eigenvalue weighted by molar-refractivity contribution is -0.121. The zero-order valence-electron chi connectivity index (χ0n) is 25.3. The van der Waals surface area contributed by atoms with Gasteiger partial charge >= 0.3 is 0 Å². The van der Waals surface area contributed by atoms with Gasteiger partial charge < -0.3 is 10.1 Å². The summed E-state index contributed by atoms with van der Waals surface area (Å²) in [5.41, 5.74) is 4.63. The van der Waals surface area contributed by atoms with Crippen molar-refractivity contribution in [2.45, 2.75) is 72.3 Å². The van der Waals surface area contributed by atoms with E-state index in [4.69, 9.17) is 9.72 Å². The van der Waals surface area contributed by atoms with Gasteiger partial charge in [0.05, 0.1) is 36.3 Å². The summed E-state index contributed by atoms with van der Waals surface area (Å²) in [4.78, 5) is 39.4. The number of carbonyl (C=O) groups is 1. The van der Waals surface area contributed by atoms with Gasteiger partial charge in [-0.3, -0.25) is 9.59 Å². The van der Waals surface area contributed by atoms with E-state index in [1.165, 1.54) is 17.0 Å². The minimum absolute atomic E-state index is 0.00833.